The third-order valence-electron chi connectivity index (χ3n) is 5.46. The Morgan fingerprint density at radius 2 is 1.84 bits per heavy atom. The van der Waals surface area contributed by atoms with E-state index in [0.29, 0.717) is 30.3 Å². The summed E-state index contributed by atoms with van der Waals surface area (Å²) in [5.74, 6) is 0.924. The van der Waals surface area contributed by atoms with Gasteiger partial charge >= 0.3 is 0 Å². The first-order chi connectivity index (χ1) is 9.02. The molecule has 3 aliphatic rings. The molecule has 2 bridgehead atoms. The van der Waals surface area contributed by atoms with Gasteiger partial charge in [0.05, 0.1) is 0 Å². The normalized spacial score (nSPS) is 46.9. The van der Waals surface area contributed by atoms with Crippen molar-refractivity contribution in [3.8, 4) is 0 Å². The highest BCUT2D eigenvalue weighted by Crippen LogP contribution is 2.60. The predicted octanol–water partition coefficient (Wildman–Crippen LogP) is 1.88. The van der Waals surface area contributed by atoms with E-state index in [0.717, 1.165) is 12.7 Å². The molecule has 3 fully saturated rings. The van der Waals surface area contributed by atoms with Crippen LogP contribution in [-0.4, -0.2) is 24.4 Å². The van der Waals surface area contributed by atoms with Gasteiger partial charge in [0.1, 0.15) is 12.5 Å². The van der Waals surface area contributed by atoms with Crippen molar-refractivity contribution in [2.45, 2.75) is 38.4 Å². The molecule has 0 radical (unpaired) electrons. The minimum atomic E-state index is -0.719. The standard InChI is InChI=1S/C15H20FNO2/c1-7(2)15(19)17-14-12-5-11(13(14)6-18)9-3-8(16)4-10(9)12/h6,8-14H,1,3-5H2,2H3,(H,17,19). The van der Waals surface area contributed by atoms with Gasteiger partial charge in [0.25, 0.3) is 0 Å². The zero-order valence-electron chi connectivity index (χ0n) is 11.1. The van der Waals surface area contributed by atoms with Crippen molar-refractivity contribution in [3.05, 3.63) is 12.2 Å². The second-order valence-electron chi connectivity index (χ2n) is 6.45. The van der Waals surface area contributed by atoms with Gasteiger partial charge < -0.3 is 10.1 Å². The van der Waals surface area contributed by atoms with Crippen LogP contribution >= 0.6 is 0 Å². The van der Waals surface area contributed by atoms with Crippen LogP contribution in [0.4, 0.5) is 4.39 Å². The maximum Gasteiger partial charge on any atom is 0.246 e. The van der Waals surface area contributed by atoms with Crippen LogP contribution in [0, 0.1) is 29.6 Å². The van der Waals surface area contributed by atoms with E-state index in [1.807, 2.05) is 0 Å². The largest absolute Gasteiger partial charge is 0.349 e. The Hall–Kier alpha value is -1.19. The van der Waals surface area contributed by atoms with Gasteiger partial charge in [-0.25, -0.2) is 4.39 Å². The maximum atomic E-state index is 13.6. The summed E-state index contributed by atoms with van der Waals surface area (Å²) >= 11 is 0. The molecule has 3 rings (SSSR count). The van der Waals surface area contributed by atoms with Crippen LogP contribution in [0.25, 0.3) is 0 Å². The quantitative estimate of drug-likeness (QED) is 0.625. The predicted molar refractivity (Wildman–Crippen MR) is 69.0 cm³/mol. The molecule has 1 amide bonds. The molecule has 0 saturated heterocycles. The summed E-state index contributed by atoms with van der Waals surface area (Å²) in [7, 11) is 0. The molecule has 3 aliphatic carbocycles. The van der Waals surface area contributed by atoms with Crippen molar-refractivity contribution in [2.75, 3.05) is 0 Å². The maximum absolute atomic E-state index is 13.6. The highest BCUT2D eigenvalue weighted by Gasteiger charge is 2.60. The molecule has 7 atom stereocenters. The van der Waals surface area contributed by atoms with Crippen LogP contribution in [0.5, 0.6) is 0 Å². The number of carbonyl (C=O) groups excluding carboxylic acids is 2. The first kappa shape index (κ1) is 12.8. The summed E-state index contributed by atoms with van der Waals surface area (Å²) in [5, 5.41) is 2.95. The Balaban J connectivity index is 1.80. The van der Waals surface area contributed by atoms with Gasteiger partial charge in [-0.1, -0.05) is 6.58 Å². The molecule has 1 N–H and O–H groups in total. The molecule has 7 unspecified atom stereocenters. The average molecular weight is 265 g/mol. The van der Waals surface area contributed by atoms with Crippen LogP contribution in [0.15, 0.2) is 12.2 Å². The van der Waals surface area contributed by atoms with E-state index in [9.17, 15) is 14.0 Å². The fourth-order valence-corrected chi connectivity index (χ4v) is 4.76. The number of nitrogens with one attached hydrogen (secondary N) is 1. The molecular weight excluding hydrogens is 245 g/mol. The molecule has 4 heteroatoms. The van der Waals surface area contributed by atoms with E-state index in [4.69, 9.17) is 0 Å². The fourth-order valence-electron chi connectivity index (χ4n) is 4.76. The zero-order chi connectivity index (χ0) is 13.7. The van der Waals surface area contributed by atoms with Gasteiger partial charge in [0, 0.05) is 17.5 Å². The lowest BCUT2D eigenvalue weighted by Crippen LogP contribution is -2.48. The van der Waals surface area contributed by atoms with E-state index in [1.54, 1.807) is 6.92 Å². The number of hydrogen-bond acceptors (Lipinski definition) is 2. The zero-order valence-corrected chi connectivity index (χ0v) is 11.1. The number of hydrogen-bond donors (Lipinski definition) is 1. The lowest BCUT2D eigenvalue weighted by molar-refractivity contribution is -0.120. The van der Waals surface area contributed by atoms with Crippen molar-refractivity contribution in [1.82, 2.24) is 5.32 Å². The van der Waals surface area contributed by atoms with Crippen LogP contribution in [0.2, 0.25) is 0 Å². The van der Waals surface area contributed by atoms with E-state index < -0.39 is 6.17 Å². The smallest absolute Gasteiger partial charge is 0.246 e. The van der Waals surface area contributed by atoms with Gasteiger partial charge in [0.15, 0.2) is 0 Å². The number of amides is 1. The Kier molecular flexibility index (Phi) is 2.99. The summed E-state index contributed by atoms with van der Waals surface area (Å²) in [5.41, 5.74) is 0.457. The van der Waals surface area contributed by atoms with Gasteiger partial charge in [-0.15, -0.1) is 0 Å². The molecule has 3 saturated carbocycles. The molecule has 0 aliphatic heterocycles. The molecule has 0 heterocycles. The molecule has 0 aromatic rings. The van der Waals surface area contributed by atoms with E-state index in [2.05, 4.69) is 11.9 Å². The Bertz CT molecular complexity index is 436. The Labute approximate surface area is 112 Å². The summed E-state index contributed by atoms with van der Waals surface area (Å²) < 4.78 is 13.6. The van der Waals surface area contributed by atoms with Crippen molar-refractivity contribution in [2.24, 2.45) is 29.6 Å². The first-order valence-corrected chi connectivity index (χ1v) is 7.08. The van der Waals surface area contributed by atoms with Crippen molar-refractivity contribution in [3.63, 3.8) is 0 Å². The van der Waals surface area contributed by atoms with Gasteiger partial charge in [-0.3, -0.25) is 4.79 Å². The van der Waals surface area contributed by atoms with Crippen molar-refractivity contribution in [1.29, 1.82) is 0 Å². The molecule has 19 heavy (non-hydrogen) atoms. The molecule has 0 spiro atoms. The number of fused-ring (bicyclic) bond motifs is 5. The van der Waals surface area contributed by atoms with Gasteiger partial charge in [-0.2, -0.15) is 0 Å². The summed E-state index contributed by atoms with van der Waals surface area (Å²) in [6.07, 6.45) is 2.43. The highest BCUT2D eigenvalue weighted by molar-refractivity contribution is 5.92. The number of halogens is 1. The molecule has 104 valence electrons. The molecular formula is C15H20FNO2. The second kappa shape index (κ2) is 4.43. The Morgan fingerprint density at radius 3 is 2.42 bits per heavy atom. The van der Waals surface area contributed by atoms with Gasteiger partial charge in [-0.05, 0) is 49.9 Å². The summed E-state index contributed by atoms with van der Waals surface area (Å²) in [6, 6.07) is -0.113. The highest BCUT2D eigenvalue weighted by atomic mass is 19.1. The first-order valence-electron chi connectivity index (χ1n) is 7.08. The summed E-state index contributed by atoms with van der Waals surface area (Å²) in [6.45, 7) is 5.29. The second-order valence-corrected chi connectivity index (χ2v) is 6.45. The van der Waals surface area contributed by atoms with E-state index >= 15 is 0 Å². The van der Waals surface area contributed by atoms with Gasteiger partial charge in [0.2, 0.25) is 5.91 Å². The topological polar surface area (TPSA) is 46.2 Å². The van der Waals surface area contributed by atoms with Crippen LogP contribution < -0.4 is 5.32 Å². The number of aldehydes is 1. The van der Waals surface area contributed by atoms with Crippen LogP contribution in [0.1, 0.15) is 26.2 Å². The number of rotatable bonds is 3. The SMILES string of the molecule is C=C(C)C(=O)NC1C(C=O)C2CC1C1CC(F)CC21. The third kappa shape index (κ3) is 1.84. The minimum absolute atomic E-state index is 0.113. The molecule has 0 aromatic carbocycles. The van der Waals surface area contributed by atoms with E-state index in [1.165, 1.54) is 0 Å². The third-order valence-corrected chi connectivity index (χ3v) is 5.46. The average Bonchev–Trinajstić information content (AvgIpc) is 2.97. The molecule has 0 aromatic heterocycles. The molecule has 3 nitrogen and oxygen atoms in total. The summed E-state index contributed by atoms with van der Waals surface area (Å²) in [4.78, 5) is 23.2. The monoisotopic (exact) mass is 265 g/mol. The van der Waals surface area contributed by atoms with E-state index in [-0.39, 0.29) is 29.7 Å². The van der Waals surface area contributed by atoms with Crippen molar-refractivity contribution >= 4 is 12.2 Å². The van der Waals surface area contributed by atoms with Crippen LogP contribution in [-0.2, 0) is 9.59 Å². The fraction of sp³-hybridized carbons (Fsp3) is 0.733. The minimum Gasteiger partial charge on any atom is -0.349 e. The number of carbonyl (C=O) groups is 2. The van der Waals surface area contributed by atoms with Crippen molar-refractivity contribution < 1.29 is 14.0 Å². The number of alkyl halides is 1. The lowest BCUT2D eigenvalue weighted by Gasteiger charge is -2.35. The lowest BCUT2D eigenvalue weighted by atomic mass is 9.73. The van der Waals surface area contributed by atoms with Crippen LogP contribution in [0.3, 0.4) is 0 Å². The Morgan fingerprint density at radius 1 is 1.21 bits per heavy atom.